The number of carboxylic acids is 1. The third-order valence-electron chi connectivity index (χ3n) is 0.653. The van der Waals surface area contributed by atoms with Gasteiger partial charge in [-0.05, 0) is 14.1 Å². The molecule has 0 aromatic carbocycles. The van der Waals surface area contributed by atoms with Crippen LogP contribution in [-0.4, -0.2) is 31.1 Å². The van der Waals surface area contributed by atoms with Crippen molar-refractivity contribution in [1.82, 2.24) is 5.32 Å². The SMILES string of the molecule is CC(CCl)C(=O)O.CNC. The smallest absolute Gasteiger partial charge is 0.307 e. The first kappa shape index (κ1) is 12.4. The first-order valence-corrected chi connectivity index (χ1v) is 3.50. The van der Waals surface area contributed by atoms with E-state index < -0.39 is 11.9 Å². The van der Waals surface area contributed by atoms with Crippen LogP contribution in [0.1, 0.15) is 6.92 Å². The van der Waals surface area contributed by atoms with Crippen LogP contribution in [0.15, 0.2) is 0 Å². The quantitative estimate of drug-likeness (QED) is 0.598. The standard InChI is InChI=1S/C4H7ClO2.C2H7N/c1-3(2-5)4(6)7;1-3-2/h3H,2H2,1H3,(H,6,7);3H,1-2H3. The fourth-order valence-electron chi connectivity index (χ4n) is 0.0660. The van der Waals surface area contributed by atoms with E-state index in [0.717, 1.165) is 0 Å². The van der Waals surface area contributed by atoms with Crippen LogP contribution in [0.2, 0.25) is 0 Å². The summed E-state index contributed by atoms with van der Waals surface area (Å²) < 4.78 is 0. The lowest BCUT2D eigenvalue weighted by molar-refractivity contribution is -0.140. The predicted octanol–water partition coefficient (Wildman–Crippen LogP) is 0.781. The number of carbonyl (C=O) groups is 1. The van der Waals surface area contributed by atoms with Crippen molar-refractivity contribution in [3.8, 4) is 0 Å². The third kappa shape index (κ3) is 10.7. The van der Waals surface area contributed by atoms with Crippen molar-refractivity contribution in [3.05, 3.63) is 0 Å². The van der Waals surface area contributed by atoms with Gasteiger partial charge in [0.15, 0.2) is 0 Å². The lowest BCUT2D eigenvalue weighted by atomic mass is 10.2. The fourth-order valence-corrected chi connectivity index (χ4v) is 0.198. The maximum atomic E-state index is 9.85. The summed E-state index contributed by atoms with van der Waals surface area (Å²) in [4.78, 5) is 9.85. The summed E-state index contributed by atoms with van der Waals surface area (Å²) in [6.07, 6.45) is 0. The molecule has 0 amide bonds. The molecule has 0 spiro atoms. The lowest BCUT2D eigenvalue weighted by Gasteiger charge is -1.94. The van der Waals surface area contributed by atoms with Crippen molar-refractivity contribution in [3.63, 3.8) is 0 Å². The van der Waals surface area contributed by atoms with E-state index in [4.69, 9.17) is 16.7 Å². The fraction of sp³-hybridized carbons (Fsp3) is 0.833. The monoisotopic (exact) mass is 167 g/mol. The molecule has 0 aromatic heterocycles. The number of halogens is 1. The van der Waals surface area contributed by atoms with Crippen LogP contribution in [0.4, 0.5) is 0 Å². The van der Waals surface area contributed by atoms with Crippen molar-refractivity contribution >= 4 is 17.6 Å². The molecular formula is C6H14ClNO2. The van der Waals surface area contributed by atoms with Crippen molar-refractivity contribution in [2.75, 3.05) is 20.0 Å². The van der Waals surface area contributed by atoms with Crippen molar-refractivity contribution in [2.45, 2.75) is 6.92 Å². The Morgan fingerprint density at radius 1 is 1.70 bits per heavy atom. The average Bonchev–Trinajstić information content (AvgIpc) is 1.88. The number of hydrogen-bond acceptors (Lipinski definition) is 2. The number of aliphatic carboxylic acids is 1. The number of rotatable bonds is 2. The highest BCUT2D eigenvalue weighted by atomic mass is 35.5. The molecule has 1 atom stereocenters. The molecule has 0 aliphatic heterocycles. The van der Waals surface area contributed by atoms with Gasteiger partial charge in [-0.15, -0.1) is 11.6 Å². The molecule has 0 aliphatic carbocycles. The Morgan fingerprint density at radius 3 is 2.00 bits per heavy atom. The second-order valence-corrected chi connectivity index (χ2v) is 2.20. The summed E-state index contributed by atoms with van der Waals surface area (Å²) in [5, 5.41) is 10.8. The zero-order valence-electron chi connectivity index (χ0n) is 6.52. The molecular weight excluding hydrogens is 154 g/mol. The summed E-state index contributed by atoms with van der Waals surface area (Å²) in [5.74, 6) is -1.06. The highest BCUT2D eigenvalue weighted by Crippen LogP contribution is 1.95. The second kappa shape index (κ2) is 8.72. The van der Waals surface area contributed by atoms with E-state index in [1.807, 2.05) is 14.1 Å². The van der Waals surface area contributed by atoms with E-state index in [9.17, 15) is 4.79 Å². The number of hydrogen-bond donors (Lipinski definition) is 2. The zero-order valence-corrected chi connectivity index (χ0v) is 7.27. The molecule has 0 saturated carbocycles. The molecule has 0 rings (SSSR count). The van der Waals surface area contributed by atoms with Crippen molar-refractivity contribution < 1.29 is 9.90 Å². The summed E-state index contributed by atoms with van der Waals surface area (Å²) in [6.45, 7) is 1.56. The summed E-state index contributed by atoms with van der Waals surface area (Å²) in [5.41, 5.74) is 0. The van der Waals surface area contributed by atoms with Crippen LogP contribution >= 0.6 is 11.6 Å². The Morgan fingerprint density at radius 2 is 2.00 bits per heavy atom. The van der Waals surface area contributed by atoms with Crippen LogP contribution < -0.4 is 5.32 Å². The molecule has 0 heterocycles. The van der Waals surface area contributed by atoms with Gasteiger partial charge >= 0.3 is 5.97 Å². The zero-order chi connectivity index (χ0) is 8.57. The Bertz CT molecular complexity index is 87.8. The molecule has 0 aliphatic rings. The number of nitrogens with one attached hydrogen (secondary N) is 1. The predicted molar refractivity (Wildman–Crippen MR) is 42.5 cm³/mol. The Labute approximate surface area is 66.4 Å². The minimum Gasteiger partial charge on any atom is -0.481 e. The molecule has 1 unspecified atom stereocenters. The normalized spacial score (nSPS) is 11.2. The van der Waals surface area contributed by atoms with Gasteiger partial charge in [-0.2, -0.15) is 0 Å². The molecule has 0 aromatic rings. The minimum absolute atomic E-state index is 0.190. The molecule has 0 fully saturated rings. The van der Waals surface area contributed by atoms with Gasteiger partial charge in [0.1, 0.15) is 0 Å². The topological polar surface area (TPSA) is 49.3 Å². The van der Waals surface area contributed by atoms with E-state index in [1.165, 1.54) is 0 Å². The van der Waals surface area contributed by atoms with Crippen LogP contribution in [-0.2, 0) is 4.79 Å². The molecule has 62 valence electrons. The van der Waals surface area contributed by atoms with Gasteiger partial charge in [-0.25, -0.2) is 0 Å². The van der Waals surface area contributed by atoms with Gasteiger partial charge in [0.25, 0.3) is 0 Å². The van der Waals surface area contributed by atoms with Gasteiger partial charge in [0.05, 0.1) is 5.92 Å². The van der Waals surface area contributed by atoms with E-state index in [1.54, 1.807) is 6.92 Å². The van der Waals surface area contributed by atoms with Crippen LogP contribution in [0.25, 0.3) is 0 Å². The van der Waals surface area contributed by atoms with Gasteiger partial charge in [0.2, 0.25) is 0 Å². The first-order valence-electron chi connectivity index (χ1n) is 2.97. The van der Waals surface area contributed by atoms with Crippen LogP contribution in [0.3, 0.4) is 0 Å². The van der Waals surface area contributed by atoms with Crippen LogP contribution in [0, 0.1) is 5.92 Å². The summed E-state index contributed by atoms with van der Waals surface area (Å²) in [6, 6.07) is 0. The Kier molecular flexibility index (Phi) is 10.8. The van der Waals surface area contributed by atoms with Crippen molar-refractivity contribution in [2.24, 2.45) is 5.92 Å². The van der Waals surface area contributed by atoms with E-state index in [2.05, 4.69) is 5.32 Å². The molecule has 0 bridgehead atoms. The molecule has 0 saturated heterocycles. The minimum atomic E-state index is -0.838. The highest BCUT2D eigenvalue weighted by Gasteiger charge is 2.06. The van der Waals surface area contributed by atoms with Gasteiger partial charge in [-0.3, -0.25) is 4.79 Å². The van der Waals surface area contributed by atoms with Gasteiger partial charge < -0.3 is 10.4 Å². The second-order valence-electron chi connectivity index (χ2n) is 1.89. The first-order chi connectivity index (χ1) is 4.59. The highest BCUT2D eigenvalue weighted by molar-refractivity contribution is 6.19. The molecule has 10 heavy (non-hydrogen) atoms. The van der Waals surface area contributed by atoms with E-state index in [0.29, 0.717) is 0 Å². The maximum absolute atomic E-state index is 9.85. The number of alkyl halides is 1. The van der Waals surface area contributed by atoms with Gasteiger partial charge in [0, 0.05) is 5.88 Å². The van der Waals surface area contributed by atoms with Crippen molar-refractivity contribution in [1.29, 1.82) is 0 Å². The Balaban J connectivity index is 0. The van der Waals surface area contributed by atoms with Crippen LogP contribution in [0.5, 0.6) is 0 Å². The largest absolute Gasteiger partial charge is 0.481 e. The maximum Gasteiger partial charge on any atom is 0.307 e. The number of carboxylic acid groups (broad SMARTS) is 1. The average molecular weight is 168 g/mol. The summed E-state index contributed by atoms with van der Waals surface area (Å²) >= 11 is 5.17. The third-order valence-corrected chi connectivity index (χ3v) is 1.12. The molecule has 3 nitrogen and oxygen atoms in total. The lowest BCUT2D eigenvalue weighted by Crippen LogP contribution is -2.09. The molecule has 0 radical (unpaired) electrons. The molecule has 4 heteroatoms. The Hall–Kier alpha value is -0.280. The van der Waals surface area contributed by atoms with Gasteiger partial charge in [-0.1, -0.05) is 6.92 Å². The van der Waals surface area contributed by atoms with E-state index >= 15 is 0 Å². The van der Waals surface area contributed by atoms with E-state index in [-0.39, 0.29) is 5.88 Å². The molecule has 2 N–H and O–H groups in total. The summed E-state index contributed by atoms with van der Waals surface area (Å²) in [7, 11) is 3.75.